The van der Waals surface area contributed by atoms with Crippen LogP contribution in [0.5, 0.6) is 11.6 Å². The zero-order chi connectivity index (χ0) is 17.1. The van der Waals surface area contributed by atoms with E-state index in [2.05, 4.69) is 15.3 Å². The fraction of sp³-hybridized carbons (Fsp3) is 0.211. The molecule has 1 aliphatic carbocycles. The molecule has 1 N–H and O–H groups in total. The van der Waals surface area contributed by atoms with Gasteiger partial charge in [0, 0.05) is 30.1 Å². The second-order valence-corrected chi connectivity index (χ2v) is 6.05. The van der Waals surface area contributed by atoms with E-state index in [0.29, 0.717) is 11.6 Å². The van der Waals surface area contributed by atoms with E-state index in [4.69, 9.17) is 4.74 Å². The molecule has 1 aromatic carbocycles. The maximum Gasteiger partial charge on any atom is 0.227 e. The Bertz CT molecular complexity index is 855. The van der Waals surface area contributed by atoms with Crippen LogP contribution in [0.25, 0.3) is 5.82 Å². The van der Waals surface area contributed by atoms with Crippen LogP contribution in [-0.4, -0.2) is 20.4 Å². The lowest BCUT2D eigenvalue weighted by molar-refractivity contribution is -0.122. The zero-order valence-electron chi connectivity index (χ0n) is 13.6. The first kappa shape index (κ1) is 15.4. The summed E-state index contributed by atoms with van der Waals surface area (Å²) in [5.41, 5.74) is 0.778. The lowest BCUT2D eigenvalue weighted by atomic mass is 9.85. The van der Waals surface area contributed by atoms with E-state index in [-0.39, 0.29) is 11.8 Å². The summed E-state index contributed by atoms with van der Waals surface area (Å²) in [5, 5.41) is 2.94. The van der Waals surface area contributed by atoms with E-state index in [1.165, 1.54) is 6.33 Å². The second-order valence-electron chi connectivity index (χ2n) is 6.05. The van der Waals surface area contributed by atoms with Gasteiger partial charge in [0.2, 0.25) is 11.8 Å². The Morgan fingerprint density at radius 3 is 2.56 bits per heavy atom. The Hall–Kier alpha value is -3.15. The third kappa shape index (κ3) is 3.52. The molecule has 4 rings (SSSR count). The fourth-order valence-electron chi connectivity index (χ4n) is 2.66. The summed E-state index contributed by atoms with van der Waals surface area (Å²) in [5.74, 6) is 2.12. The summed E-state index contributed by atoms with van der Waals surface area (Å²) < 4.78 is 7.66. The Morgan fingerprint density at radius 1 is 1.12 bits per heavy atom. The topological polar surface area (TPSA) is 69.0 Å². The quantitative estimate of drug-likeness (QED) is 0.770. The molecule has 6 heteroatoms. The van der Waals surface area contributed by atoms with Crippen molar-refractivity contribution < 1.29 is 9.53 Å². The van der Waals surface area contributed by atoms with Crippen molar-refractivity contribution in [3.63, 3.8) is 0 Å². The molecule has 1 saturated carbocycles. The summed E-state index contributed by atoms with van der Waals surface area (Å²) in [6, 6.07) is 12.9. The molecule has 0 unspecified atom stereocenters. The molecule has 6 nitrogen and oxygen atoms in total. The Labute approximate surface area is 145 Å². The van der Waals surface area contributed by atoms with Crippen LogP contribution in [0.15, 0.2) is 61.2 Å². The molecule has 25 heavy (non-hydrogen) atoms. The number of rotatable bonds is 5. The molecule has 0 saturated heterocycles. The lowest BCUT2D eigenvalue weighted by Crippen LogP contribution is -2.27. The van der Waals surface area contributed by atoms with Crippen LogP contribution in [0, 0.1) is 5.92 Å². The Morgan fingerprint density at radius 2 is 1.88 bits per heavy atom. The van der Waals surface area contributed by atoms with E-state index in [9.17, 15) is 4.79 Å². The summed E-state index contributed by atoms with van der Waals surface area (Å²) in [7, 11) is 0. The van der Waals surface area contributed by atoms with Gasteiger partial charge in [-0.2, -0.15) is 0 Å². The van der Waals surface area contributed by atoms with E-state index in [1.807, 2.05) is 53.4 Å². The number of nitrogens with one attached hydrogen (secondary N) is 1. The SMILES string of the molecule is O=C(Nc1ccc(Oc2cc(-n3cccc3)ncn2)cc1)C1CCC1. The number of hydrogen-bond acceptors (Lipinski definition) is 4. The minimum absolute atomic E-state index is 0.104. The average Bonchev–Trinajstić information content (AvgIpc) is 3.10. The lowest BCUT2D eigenvalue weighted by Gasteiger charge is -2.24. The van der Waals surface area contributed by atoms with Gasteiger partial charge in [-0.05, 0) is 49.2 Å². The number of aromatic nitrogens is 3. The second kappa shape index (κ2) is 6.76. The predicted octanol–water partition coefficient (Wildman–Crippen LogP) is 3.80. The standard InChI is InChI=1S/C19H18N4O2/c24-19(14-4-3-5-14)22-15-6-8-16(9-7-15)25-18-12-17(20-13-21-18)23-10-1-2-11-23/h1-2,6-14H,3-5H2,(H,22,24). The molecule has 3 aromatic rings. The number of amides is 1. The van der Waals surface area contributed by atoms with Gasteiger partial charge in [0.05, 0.1) is 0 Å². The largest absolute Gasteiger partial charge is 0.439 e. The monoisotopic (exact) mass is 334 g/mol. The number of nitrogens with zero attached hydrogens (tertiary/aromatic N) is 3. The van der Waals surface area contributed by atoms with Crippen molar-refractivity contribution in [2.24, 2.45) is 5.92 Å². The summed E-state index contributed by atoms with van der Waals surface area (Å²) in [6.45, 7) is 0. The molecular formula is C19H18N4O2. The number of carbonyl (C=O) groups excluding carboxylic acids is 1. The van der Waals surface area contributed by atoms with Crippen molar-refractivity contribution in [1.29, 1.82) is 0 Å². The first-order valence-corrected chi connectivity index (χ1v) is 8.32. The van der Waals surface area contributed by atoms with Crippen molar-refractivity contribution >= 4 is 11.6 Å². The van der Waals surface area contributed by atoms with Gasteiger partial charge in [-0.25, -0.2) is 9.97 Å². The van der Waals surface area contributed by atoms with Crippen molar-refractivity contribution in [2.75, 3.05) is 5.32 Å². The molecule has 1 amide bonds. The van der Waals surface area contributed by atoms with Crippen molar-refractivity contribution in [1.82, 2.24) is 14.5 Å². The molecule has 2 heterocycles. The van der Waals surface area contributed by atoms with Crippen LogP contribution in [0.2, 0.25) is 0 Å². The van der Waals surface area contributed by atoms with Crippen LogP contribution in [0.3, 0.4) is 0 Å². The minimum Gasteiger partial charge on any atom is -0.439 e. The first-order chi connectivity index (χ1) is 12.3. The van der Waals surface area contributed by atoms with Crippen LogP contribution >= 0.6 is 0 Å². The highest BCUT2D eigenvalue weighted by Crippen LogP contribution is 2.28. The molecule has 1 aliphatic rings. The van der Waals surface area contributed by atoms with E-state index >= 15 is 0 Å². The Kier molecular flexibility index (Phi) is 4.16. The molecule has 0 atom stereocenters. The third-order valence-corrected chi connectivity index (χ3v) is 4.32. The molecular weight excluding hydrogens is 316 g/mol. The van der Waals surface area contributed by atoms with Gasteiger partial charge in [-0.3, -0.25) is 4.79 Å². The number of hydrogen-bond donors (Lipinski definition) is 1. The number of benzene rings is 1. The summed E-state index contributed by atoms with van der Waals surface area (Å²) in [4.78, 5) is 20.3. The van der Waals surface area contributed by atoms with E-state index < -0.39 is 0 Å². The number of anilines is 1. The maximum absolute atomic E-state index is 12.0. The van der Waals surface area contributed by atoms with Crippen LogP contribution in [0.4, 0.5) is 5.69 Å². The van der Waals surface area contributed by atoms with Gasteiger partial charge in [-0.1, -0.05) is 6.42 Å². The third-order valence-electron chi connectivity index (χ3n) is 4.32. The van der Waals surface area contributed by atoms with Gasteiger partial charge in [-0.15, -0.1) is 0 Å². The maximum atomic E-state index is 12.0. The molecule has 126 valence electrons. The normalized spacial score (nSPS) is 13.9. The number of ether oxygens (including phenoxy) is 1. The molecule has 1 fully saturated rings. The molecule has 2 aromatic heterocycles. The minimum atomic E-state index is 0.104. The highest BCUT2D eigenvalue weighted by Gasteiger charge is 2.25. The van der Waals surface area contributed by atoms with Crippen molar-refractivity contribution in [3.8, 4) is 17.4 Å². The highest BCUT2D eigenvalue weighted by molar-refractivity contribution is 5.93. The van der Waals surface area contributed by atoms with Crippen LogP contribution in [0.1, 0.15) is 19.3 Å². The van der Waals surface area contributed by atoms with Crippen LogP contribution < -0.4 is 10.1 Å². The highest BCUT2D eigenvalue weighted by atomic mass is 16.5. The average molecular weight is 334 g/mol. The Balaban J connectivity index is 1.42. The molecule has 0 bridgehead atoms. The van der Waals surface area contributed by atoms with Crippen molar-refractivity contribution in [3.05, 3.63) is 61.2 Å². The van der Waals surface area contributed by atoms with E-state index in [0.717, 1.165) is 30.8 Å². The zero-order valence-corrected chi connectivity index (χ0v) is 13.6. The van der Waals surface area contributed by atoms with Gasteiger partial charge >= 0.3 is 0 Å². The van der Waals surface area contributed by atoms with E-state index in [1.54, 1.807) is 6.07 Å². The summed E-state index contributed by atoms with van der Waals surface area (Å²) >= 11 is 0. The molecule has 0 aliphatic heterocycles. The smallest absolute Gasteiger partial charge is 0.227 e. The molecule has 0 spiro atoms. The van der Waals surface area contributed by atoms with Gasteiger partial charge < -0.3 is 14.6 Å². The van der Waals surface area contributed by atoms with Gasteiger partial charge in [0.25, 0.3) is 0 Å². The fourth-order valence-corrected chi connectivity index (χ4v) is 2.66. The van der Waals surface area contributed by atoms with Crippen LogP contribution in [-0.2, 0) is 4.79 Å². The number of carbonyl (C=O) groups is 1. The van der Waals surface area contributed by atoms with Crippen molar-refractivity contribution in [2.45, 2.75) is 19.3 Å². The molecule has 0 radical (unpaired) electrons. The van der Waals surface area contributed by atoms with Gasteiger partial charge in [0.1, 0.15) is 17.9 Å². The first-order valence-electron chi connectivity index (χ1n) is 8.32. The summed E-state index contributed by atoms with van der Waals surface area (Å²) in [6.07, 6.45) is 8.42. The van der Waals surface area contributed by atoms with Gasteiger partial charge in [0.15, 0.2) is 0 Å². The predicted molar refractivity (Wildman–Crippen MR) is 93.8 cm³/mol.